The largest absolute Gasteiger partial charge is 0.453 e. The number of hydrogen-bond donors (Lipinski definition) is 4. The zero-order valence-corrected chi connectivity index (χ0v) is 43.8. The molecule has 0 spiro atoms. The molecule has 6 aromatic rings. The number of halogens is 4. The molecule has 0 aliphatic carbocycles. The van der Waals surface area contributed by atoms with Crippen molar-refractivity contribution in [1.29, 1.82) is 0 Å². The molecule has 4 N–H and O–H groups in total. The average Bonchev–Trinajstić information content (AvgIpc) is 4.31. The highest BCUT2D eigenvalue weighted by Crippen LogP contribution is 2.50. The van der Waals surface area contributed by atoms with Gasteiger partial charge in [0.05, 0.1) is 60.5 Å². The second-order valence-corrected chi connectivity index (χ2v) is 20.9. The first-order chi connectivity index (χ1) is 37.0. The molecule has 408 valence electrons. The minimum Gasteiger partial charge on any atom is -0.453 e. The molecular weight excluding hydrogens is 1000 g/mol. The molecule has 7 heterocycles. The molecule has 4 amide bonds. The standard InChI is InChI=1S/C54H63F4N13O6/c1-28(2)45(65-53(74)76-5)50(72)69-16-7-10-43(69)48-61-37-24-31(33(55)26-39(37)63-48)41-12-13-42(71(41)30-22-35(57)47(36(58)23-30)67-18-20-68(21-19-67)52-59-14-9-15-60-52)32-25-38-40(27-34(32)56)64-49(62-38)44-11-8-17-70(44)51(73)46(29(3)4)66-54(75)77-6/h9,14-15,22-29,41-46H,7-8,10-13,16-21H2,1-6H3,(H,61,63)(H,62,64)(H,65,74)(H,66,75)/t41-,42-,43+,44+,45+,46?/m1/s1. The van der Waals surface area contributed by atoms with Gasteiger partial charge in [-0.1, -0.05) is 27.7 Å². The Morgan fingerprint density at radius 3 is 1.45 bits per heavy atom. The number of likely N-dealkylation sites (tertiary alicyclic amines) is 2. The Labute approximate surface area is 442 Å². The lowest BCUT2D eigenvalue weighted by Gasteiger charge is -2.37. The van der Waals surface area contributed by atoms with E-state index in [-0.39, 0.29) is 72.1 Å². The smallest absolute Gasteiger partial charge is 0.407 e. The summed E-state index contributed by atoms with van der Waals surface area (Å²) in [4.78, 5) is 85.8. The lowest BCUT2D eigenvalue weighted by atomic mass is 10.0. The third-order valence-electron chi connectivity index (χ3n) is 15.6. The number of methoxy groups -OCH3 is 2. The minimum absolute atomic E-state index is 0.0674. The summed E-state index contributed by atoms with van der Waals surface area (Å²) in [5.41, 5.74) is 1.68. The number of benzene rings is 3. The van der Waals surface area contributed by atoms with E-state index in [1.165, 1.54) is 38.5 Å². The van der Waals surface area contributed by atoms with Gasteiger partial charge in [-0.3, -0.25) is 9.59 Å². The van der Waals surface area contributed by atoms with E-state index in [4.69, 9.17) is 19.4 Å². The Balaban J connectivity index is 0.994. The molecule has 4 fully saturated rings. The van der Waals surface area contributed by atoms with Gasteiger partial charge >= 0.3 is 12.2 Å². The third kappa shape index (κ3) is 10.2. The van der Waals surface area contributed by atoms with Crippen molar-refractivity contribution in [2.75, 3.05) is 68.2 Å². The lowest BCUT2D eigenvalue weighted by Crippen LogP contribution is -2.51. The molecule has 4 aliphatic heterocycles. The van der Waals surface area contributed by atoms with Crippen LogP contribution < -0.4 is 25.3 Å². The monoisotopic (exact) mass is 1070 g/mol. The van der Waals surface area contributed by atoms with Crippen molar-refractivity contribution >= 4 is 63.4 Å². The summed E-state index contributed by atoms with van der Waals surface area (Å²) in [7, 11) is 2.45. The van der Waals surface area contributed by atoms with Crippen LogP contribution >= 0.6 is 0 Å². The van der Waals surface area contributed by atoms with Crippen LogP contribution in [-0.2, 0) is 19.1 Å². The summed E-state index contributed by atoms with van der Waals surface area (Å²) < 4.78 is 77.1. The maximum Gasteiger partial charge on any atom is 0.407 e. The van der Waals surface area contributed by atoms with Crippen LogP contribution in [-0.4, -0.2) is 129 Å². The van der Waals surface area contributed by atoms with Gasteiger partial charge in [-0.05, 0) is 92.8 Å². The van der Waals surface area contributed by atoms with Crippen LogP contribution in [0, 0.1) is 35.1 Å². The number of H-pyrrole nitrogens is 2. The first-order valence-corrected chi connectivity index (χ1v) is 26.3. The van der Waals surface area contributed by atoms with Gasteiger partial charge in [-0.25, -0.2) is 47.1 Å². The number of amides is 4. The fraction of sp³-hybridized carbons (Fsp3) is 0.481. The first kappa shape index (κ1) is 52.7. The Morgan fingerprint density at radius 1 is 0.584 bits per heavy atom. The summed E-state index contributed by atoms with van der Waals surface area (Å²) in [6.45, 7) is 9.47. The molecule has 1 unspecified atom stereocenters. The van der Waals surface area contributed by atoms with Crippen LogP contribution in [0.5, 0.6) is 0 Å². The quantitative estimate of drug-likeness (QED) is 0.0804. The van der Waals surface area contributed by atoms with Gasteiger partial charge in [-0.15, -0.1) is 0 Å². The molecular formula is C54H63F4N13O6. The Kier molecular flexibility index (Phi) is 14.9. The number of ether oxygens (including phenoxy) is 2. The summed E-state index contributed by atoms with van der Waals surface area (Å²) in [5, 5.41) is 5.30. The summed E-state index contributed by atoms with van der Waals surface area (Å²) >= 11 is 0. The normalized spacial score (nSPS) is 20.7. The summed E-state index contributed by atoms with van der Waals surface area (Å²) in [5.74, 6) is -2.71. The van der Waals surface area contributed by atoms with E-state index in [2.05, 4.69) is 30.6 Å². The predicted molar refractivity (Wildman–Crippen MR) is 278 cm³/mol. The van der Waals surface area contributed by atoms with Crippen molar-refractivity contribution < 1.29 is 46.2 Å². The van der Waals surface area contributed by atoms with Crippen LogP contribution in [0.3, 0.4) is 0 Å². The molecule has 23 heteroatoms. The number of fused-ring (bicyclic) bond motifs is 2. The van der Waals surface area contributed by atoms with Crippen molar-refractivity contribution in [1.82, 2.24) is 50.3 Å². The molecule has 10 rings (SSSR count). The highest BCUT2D eigenvalue weighted by Gasteiger charge is 2.42. The Morgan fingerprint density at radius 2 is 1.03 bits per heavy atom. The second-order valence-electron chi connectivity index (χ2n) is 20.9. The van der Waals surface area contributed by atoms with Crippen LogP contribution in [0.2, 0.25) is 0 Å². The van der Waals surface area contributed by atoms with Crippen molar-refractivity contribution in [3.05, 3.63) is 101 Å². The number of aromatic amines is 2. The number of carbonyl (C=O) groups is 4. The van der Waals surface area contributed by atoms with Crippen molar-refractivity contribution in [3.63, 3.8) is 0 Å². The molecule has 19 nitrogen and oxygen atoms in total. The summed E-state index contributed by atoms with van der Waals surface area (Å²) in [6, 6.07) is 5.48. The van der Waals surface area contributed by atoms with Crippen LogP contribution in [0.15, 0.2) is 54.9 Å². The zero-order chi connectivity index (χ0) is 54.4. The molecule has 0 radical (unpaired) electrons. The molecule has 3 aromatic carbocycles. The number of imidazole rings is 2. The Hall–Kier alpha value is -7.72. The Bertz CT molecular complexity index is 3010. The first-order valence-electron chi connectivity index (χ1n) is 26.3. The fourth-order valence-electron chi connectivity index (χ4n) is 11.7. The topological polar surface area (TPSA) is 210 Å². The molecule has 77 heavy (non-hydrogen) atoms. The maximum absolute atomic E-state index is 17.0. The number of carbonyl (C=O) groups excluding carboxylic acids is 4. The SMILES string of the molecule is COC(=O)NC(C(=O)N1CCC[C@H]1c1nc2cc([C@H]3CC[C@H](c4cc5nc([C@@H]6CCCN6C(=O)[C@@H](NC(=O)OC)C(C)C)[nH]c5cc4F)N3c3cc(F)c(N4CCN(c5ncccn5)CC4)c(F)c3)c(F)cc2[nH]1)C(C)C. The number of anilines is 3. The van der Waals surface area contributed by atoms with Gasteiger partial charge in [0.1, 0.15) is 41.1 Å². The number of rotatable bonds is 13. The molecule has 4 saturated heterocycles. The van der Waals surface area contributed by atoms with E-state index in [0.717, 1.165) is 0 Å². The van der Waals surface area contributed by atoms with Crippen molar-refractivity contribution in [2.45, 2.75) is 102 Å². The second kappa shape index (κ2) is 21.7. The van der Waals surface area contributed by atoms with Gasteiger partial charge in [-0.2, -0.15) is 0 Å². The van der Waals surface area contributed by atoms with E-state index in [0.29, 0.717) is 91.5 Å². The highest BCUT2D eigenvalue weighted by molar-refractivity contribution is 5.88. The van der Waals surface area contributed by atoms with Gasteiger partial charge in [0, 0.05) is 68.5 Å². The number of nitrogens with one attached hydrogen (secondary N) is 4. The average molecular weight is 1070 g/mol. The van der Waals surface area contributed by atoms with Crippen molar-refractivity contribution in [3.8, 4) is 0 Å². The predicted octanol–water partition coefficient (Wildman–Crippen LogP) is 8.28. The van der Waals surface area contributed by atoms with E-state index in [1.54, 1.807) is 50.2 Å². The van der Waals surface area contributed by atoms with E-state index in [1.807, 2.05) is 32.6 Å². The number of piperazine rings is 1. The maximum atomic E-state index is 17.0. The fourth-order valence-corrected chi connectivity index (χ4v) is 11.7. The zero-order valence-electron chi connectivity index (χ0n) is 43.8. The van der Waals surface area contributed by atoms with Gasteiger partial charge in [0.2, 0.25) is 17.8 Å². The van der Waals surface area contributed by atoms with E-state index >= 15 is 17.6 Å². The van der Waals surface area contributed by atoms with E-state index < -0.39 is 71.7 Å². The van der Waals surface area contributed by atoms with Crippen LogP contribution in [0.4, 0.5) is 44.5 Å². The number of hydrogen-bond acceptors (Lipinski definition) is 13. The lowest BCUT2D eigenvalue weighted by molar-refractivity contribution is -0.136. The van der Waals surface area contributed by atoms with Gasteiger partial charge < -0.3 is 54.6 Å². The van der Waals surface area contributed by atoms with Gasteiger partial charge in [0.15, 0.2) is 11.6 Å². The van der Waals surface area contributed by atoms with Gasteiger partial charge in [0.25, 0.3) is 0 Å². The van der Waals surface area contributed by atoms with Crippen molar-refractivity contribution in [2.24, 2.45) is 11.8 Å². The number of nitrogens with zero attached hydrogens (tertiary/aromatic N) is 9. The highest BCUT2D eigenvalue weighted by atomic mass is 19.1. The van der Waals surface area contributed by atoms with Crippen LogP contribution in [0.25, 0.3) is 22.1 Å². The number of alkyl carbamates (subject to hydrolysis) is 2. The molecule has 3 aromatic heterocycles. The number of aromatic nitrogens is 6. The third-order valence-corrected chi connectivity index (χ3v) is 15.6. The van der Waals surface area contributed by atoms with Crippen LogP contribution in [0.1, 0.15) is 113 Å². The molecule has 0 saturated carbocycles. The molecule has 6 atom stereocenters. The molecule has 4 aliphatic rings. The molecule has 0 bridgehead atoms. The minimum atomic E-state index is -0.875. The summed E-state index contributed by atoms with van der Waals surface area (Å²) in [6.07, 6.45) is 4.73. The van der Waals surface area contributed by atoms with E-state index in [9.17, 15) is 19.2 Å².